The minimum atomic E-state index is 0.0146. The summed E-state index contributed by atoms with van der Waals surface area (Å²) in [4.78, 5) is 26.6. The average molecular weight is 466 g/mol. The summed E-state index contributed by atoms with van der Waals surface area (Å²) < 4.78 is 5.50. The Balaban J connectivity index is 1.33. The monoisotopic (exact) mass is 465 g/mol. The molecule has 0 spiro atoms. The Morgan fingerprint density at radius 1 is 1.06 bits per heavy atom. The second-order valence-corrected chi connectivity index (χ2v) is 9.94. The van der Waals surface area contributed by atoms with Gasteiger partial charge >= 0.3 is 0 Å². The van der Waals surface area contributed by atoms with Gasteiger partial charge in [0.2, 0.25) is 0 Å². The summed E-state index contributed by atoms with van der Waals surface area (Å²) in [5.41, 5.74) is 3.84. The van der Waals surface area contributed by atoms with E-state index in [1.165, 1.54) is 17.5 Å². The average Bonchev–Trinajstić information content (AvgIpc) is 2.88. The molecule has 1 aromatic carbocycles. The molecule has 2 aliphatic rings. The molecule has 1 N–H and O–H groups in total. The number of piperidine rings is 2. The van der Waals surface area contributed by atoms with E-state index in [0.29, 0.717) is 30.3 Å². The van der Waals surface area contributed by atoms with E-state index in [2.05, 4.69) is 58.3 Å². The second kappa shape index (κ2) is 11.3. The Morgan fingerprint density at radius 3 is 2.35 bits per heavy atom. The molecular weight excluding hydrogens is 426 g/mol. The Labute approximate surface area is 203 Å². The van der Waals surface area contributed by atoms with E-state index in [1.807, 2.05) is 18.9 Å². The Kier molecular flexibility index (Phi) is 8.16. The minimum Gasteiger partial charge on any atom is -0.381 e. The first-order valence-electron chi connectivity index (χ1n) is 12.7. The molecule has 1 aromatic heterocycles. The van der Waals surface area contributed by atoms with Gasteiger partial charge in [0.1, 0.15) is 17.8 Å². The molecule has 2 saturated heterocycles. The van der Waals surface area contributed by atoms with Crippen molar-refractivity contribution < 1.29 is 9.53 Å². The van der Waals surface area contributed by atoms with Gasteiger partial charge in [0.15, 0.2) is 0 Å². The van der Waals surface area contributed by atoms with Crippen LogP contribution < -0.4 is 5.32 Å². The molecule has 34 heavy (non-hydrogen) atoms. The number of hydrogen-bond donors (Lipinski definition) is 1. The fourth-order valence-electron chi connectivity index (χ4n) is 5.11. The number of carbonyl (C=O) groups excluding carboxylic acids is 1. The van der Waals surface area contributed by atoms with Gasteiger partial charge < -0.3 is 19.9 Å². The first-order chi connectivity index (χ1) is 16.5. The number of hydrogen-bond acceptors (Lipinski definition) is 6. The van der Waals surface area contributed by atoms with Gasteiger partial charge in [-0.25, -0.2) is 9.97 Å². The number of nitrogens with one attached hydrogen (secondary N) is 1. The highest BCUT2D eigenvalue weighted by atomic mass is 16.5. The van der Waals surface area contributed by atoms with Gasteiger partial charge in [-0.2, -0.15) is 0 Å². The number of amides is 1. The number of benzene rings is 1. The van der Waals surface area contributed by atoms with E-state index in [1.54, 1.807) is 0 Å². The largest absolute Gasteiger partial charge is 0.381 e. The summed E-state index contributed by atoms with van der Waals surface area (Å²) in [6.45, 7) is 10.7. The molecule has 0 aliphatic carbocycles. The fraction of sp³-hybridized carbons (Fsp3) is 0.593. The topological polar surface area (TPSA) is 70.6 Å². The van der Waals surface area contributed by atoms with Crippen LogP contribution in [-0.2, 0) is 11.3 Å². The van der Waals surface area contributed by atoms with Crippen molar-refractivity contribution in [2.24, 2.45) is 0 Å². The summed E-state index contributed by atoms with van der Waals surface area (Å²) >= 11 is 0. The fourth-order valence-corrected chi connectivity index (χ4v) is 5.11. The van der Waals surface area contributed by atoms with E-state index >= 15 is 0 Å². The van der Waals surface area contributed by atoms with Crippen LogP contribution in [-0.4, -0.2) is 71.1 Å². The van der Waals surface area contributed by atoms with Crippen LogP contribution in [0.3, 0.4) is 0 Å². The molecule has 184 valence electrons. The van der Waals surface area contributed by atoms with Crippen LogP contribution in [0.1, 0.15) is 72.6 Å². The highest BCUT2D eigenvalue weighted by Gasteiger charge is 2.31. The number of methoxy groups -OCH3 is 1. The quantitative estimate of drug-likeness (QED) is 0.660. The maximum atomic E-state index is 13.3. The summed E-state index contributed by atoms with van der Waals surface area (Å²) in [7, 11) is 1.81. The zero-order valence-electron chi connectivity index (χ0n) is 21.1. The van der Waals surface area contributed by atoms with E-state index < -0.39 is 0 Å². The first-order valence-corrected chi connectivity index (χ1v) is 12.7. The zero-order chi connectivity index (χ0) is 24.1. The Hall–Kier alpha value is -2.51. The van der Waals surface area contributed by atoms with Crippen LogP contribution in [0.4, 0.5) is 5.82 Å². The third-order valence-electron chi connectivity index (χ3n) is 7.47. The first kappa shape index (κ1) is 24.6. The summed E-state index contributed by atoms with van der Waals surface area (Å²) in [5.74, 6) is 1.26. The number of ether oxygens (including phenoxy) is 1. The van der Waals surface area contributed by atoms with Gasteiger partial charge in [-0.05, 0) is 49.7 Å². The predicted octanol–water partition coefficient (Wildman–Crippen LogP) is 4.24. The van der Waals surface area contributed by atoms with E-state index in [9.17, 15) is 4.79 Å². The predicted molar refractivity (Wildman–Crippen MR) is 135 cm³/mol. The molecule has 4 rings (SSSR count). The lowest BCUT2D eigenvalue weighted by molar-refractivity contribution is 0.0144. The Bertz CT molecular complexity index is 946. The molecule has 0 unspecified atom stereocenters. The van der Waals surface area contributed by atoms with E-state index in [0.717, 1.165) is 63.2 Å². The van der Waals surface area contributed by atoms with Crippen molar-refractivity contribution in [2.75, 3.05) is 38.6 Å². The van der Waals surface area contributed by atoms with Crippen molar-refractivity contribution in [3.05, 3.63) is 53.0 Å². The van der Waals surface area contributed by atoms with Crippen molar-refractivity contribution in [1.82, 2.24) is 19.8 Å². The van der Waals surface area contributed by atoms with E-state index in [4.69, 9.17) is 4.74 Å². The molecule has 7 nitrogen and oxygen atoms in total. The van der Waals surface area contributed by atoms with Gasteiger partial charge in [0.05, 0.1) is 6.10 Å². The highest BCUT2D eigenvalue weighted by molar-refractivity contribution is 5.94. The van der Waals surface area contributed by atoms with Gasteiger partial charge in [-0.15, -0.1) is 0 Å². The van der Waals surface area contributed by atoms with Crippen LogP contribution in [0.15, 0.2) is 30.6 Å². The van der Waals surface area contributed by atoms with Crippen molar-refractivity contribution in [2.45, 2.75) is 71.1 Å². The minimum absolute atomic E-state index is 0.0146. The molecule has 2 aromatic rings. The van der Waals surface area contributed by atoms with Gasteiger partial charge in [-0.3, -0.25) is 4.79 Å². The van der Waals surface area contributed by atoms with Crippen LogP contribution in [0.25, 0.3) is 0 Å². The number of likely N-dealkylation sites (tertiary alicyclic amines) is 2. The molecule has 0 radical (unpaired) electrons. The van der Waals surface area contributed by atoms with Gasteiger partial charge in [0.25, 0.3) is 5.91 Å². The standard InChI is InChI=1S/C27H39N5O2/c1-19(2)22-7-5-21(6-8-22)17-28-26-20(3)25(29-18-30-26)27(33)32-13-9-23(10-14-32)31-15-11-24(34-4)12-16-31/h5-8,18-19,23-24H,9-17H2,1-4H3,(H,28,29,30). The normalized spacial score (nSPS) is 18.4. The highest BCUT2D eigenvalue weighted by Crippen LogP contribution is 2.24. The summed E-state index contributed by atoms with van der Waals surface area (Å²) in [5, 5.41) is 3.40. The lowest BCUT2D eigenvalue weighted by atomic mass is 9.98. The lowest BCUT2D eigenvalue weighted by Gasteiger charge is -2.41. The molecule has 3 heterocycles. The maximum absolute atomic E-state index is 13.3. The smallest absolute Gasteiger partial charge is 0.272 e. The molecule has 1 amide bonds. The third kappa shape index (κ3) is 5.76. The Morgan fingerprint density at radius 2 is 1.74 bits per heavy atom. The number of nitrogens with zero attached hydrogens (tertiary/aromatic N) is 4. The second-order valence-electron chi connectivity index (χ2n) is 9.94. The SMILES string of the molecule is COC1CCN(C2CCN(C(=O)c3ncnc(NCc4ccc(C(C)C)cc4)c3C)CC2)CC1. The molecule has 2 fully saturated rings. The van der Waals surface area contributed by atoms with Crippen molar-refractivity contribution in [3.8, 4) is 0 Å². The summed E-state index contributed by atoms with van der Waals surface area (Å²) in [6, 6.07) is 9.20. The van der Waals surface area contributed by atoms with Gasteiger partial charge in [-0.1, -0.05) is 38.1 Å². The number of aromatic nitrogens is 2. The zero-order valence-corrected chi connectivity index (χ0v) is 21.1. The van der Waals surface area contributed by atoms with Crippen molar-refractivity contribution in [1.29, 1.82) is 0 Å². The van der Waals surface area contributed by atoms with Crippen molar-refractivity contribution in [3.63, 3.8) is 0 Å². The molecule has 0 atom stereocenters. The maximum Gasteiger partial charge on any atom is 0.272 e. The number of carbonyl (C=O) groups is 1. The van der Waals surface area contributed by atoms with Crippen LogP contribution in [0.5, 0.6) is 0 Å². The third-order valence-corrected chi connectivity index (χ3v) is 7.47. The van der Waals surface area contributed by atoms with Crippen LogP contribution in [0.2, 0.25) is 0 Å². The molecule has 7 heteroatoms. The van der Waals surface area contributed by atoms with E-state index in [-0.39, 0.29) is 5.91 Å². The number of rotatable bonds is 7. The molecule has 0 saturated carbocycles. The molecule has 2 aliphatic heterocycles. The van der Waals surface area contributed by atoms with Crippen molar-refractivity contribution >= 4 is 11.7 Å². The molecular formula is C27H39N5O2. The number of anilines is 1. The van der Waals surface area contributed by atoms with Crippen LogP contribution in [0, 0.1) is 6.92 Å². The van der Waals surface area contributed by atoms with Crippen LogP contribution >= 0.6 is 0 Å². The van der Waals surface area contributed by atoms with Gasteiger partial charge in [0, 0.05) is 51.4 Å². The molecule has 0 bridgehead atoms. The lowest BCUT2D eigenvalue weighted by Crippen LogP contribution is -2.49. The summed E-state index contributed by atoms with van der Waals surface area (Å²) in [6.07, 6.45) is 6.15.